The van der Waals surface area contributed by atoms with Gasteiger partial charge < -0.3 is 74.5 Å². The summed E-state index contributed by atoms with van der Waals surface area (Å²) < 4.78 is 51.4. The van der Waals surface area contributed by atoms with E-state index in [9.17, 15) is 28.8 Å². The van der Waals surface area contributed by atoms with Gasteiger partial charge in [-0.1, -0.05) is 0 Å². The summed E-state index contributed by atoms with van der Waals surface area (Å²) in [6.07, 6.45) is 3.07. The summed E-state index contributed by atoms with van der Waals surface area (Å²) in [7, 11) is 13.1. The van der Waals surface area contributed by atoms with Crippen LogP contribution >= 0.6 is 0 Å². The molecule has 1 aliphatic rings. The molecule has 0 saturated heterocycles. The second-order valence-electron chi connectivity index (χ2n) is 17.0. The minimum absolute atomic E-state index is 0.195. The number of nitrogens with one attached hydrogen (secondary N) is 6. The van der Waals surface area contributed by atoms with Crippen LogP contribution in [-0.4, -0.2) is 137 Å². The first-order valence-electron chi connectivity index (χ1n) is 23.7. The molecule has 0 bridgehead atoms. The van der Waals surface area contributed by atoms with Crippen LogP contribution in [0.3, 0.4) is 0 Å². The number of benzene rings is 3. The highest BCUT2D eigenvalue weighted by atomic mass is 16.5. The number of amides is 6. The summed E-state index contributed by atoms with van der Waals surface area (Å²) in [6.45, 7) is 5.28. The van der Waals surface area contributed by atoms with Crippen LogP contribution in [0.2, 0.25) is 0 Å². The number of carbonyl (C=O) groups is 6. The van der Waals surface area contributed by atoms with Crippen molar-refractivity contribution in [2.75, 3.05) is 83.6 Å². The summed E-state index contributed by atoms with van der Waals surface area (Å²) >= 11 is 0. The molecule has 1 fully saturated rings. The zero-order valence-electron chi connectivity index (χ0n) is 43.6. The maximum atomic E-state index is 14.7. The number of rotatable bonds is 27. The lowest BCUT2D eigenvalue weighted by Gasteiger charge is -2.36. The first-order valence-corrected chi connectivity index (χ1v) is 23.7. The second-order valence-corrected chi connectivity index (χ2v) is 17.0. The SMILES string of the molecule is COc1cc(C(=O)N[C@H]2C[C@@H](NC(=O)c3cc(OC)c(OC)c(OC)c3CCCNC(C)=O)C[C@@H](NC(=O)c3cc(OC)c(OC)c(OC)c3CCCNC(C)=O)C2)c(CCCNC(C)=O)c(OC)c1OC. The Morgan fingerprint density at radius 3 is 0.819 bits per heavy atom. The zero-order valence-corrected chi connectivity index (χ0v) is 43.6. The fourth-order valence-corrected chi connectivity index (χ4v) is 9.05. The lowest BCUT2D eigenvalue weighted by molar-refractivity contribution is -0.119. The van der Waals surface area contributed by atoms with Crippen molar-refractivity contribution in [3.05, 3.63) is 51.6 Å². The Morgan fingerprint density at radius 2 is 0.625 bits per heavy atom. The molecule has 72 heavy (non-hydrogen) atoms. The fourth-order valence-electron chi connectivity index (χ4n) is 9.05. The van der Waals surface area contributed by atoms with E-state index in [1.807, 2.05) is 0 Å². The average molecular weight is 1010 g/mol. The van der Waals surface area contributed by atoms with Crippen LogP contribution in [0.5, 0.6) is 51.7 Å². The van der Waals surface area contributed by atoms with Crippen LogP contribution in [0.15, 0.2) is 18.2 Å². The third-order valence-electron chi connectivity index (χ3n) is 12.2. The summed E-state index contributed by atoms with van der Waals surface area (Å²) in [5.41, 5.74) is 2.27. The topological polar surface area (TPSA) is 258 Å². The van der Waals surface area contributed by atoms with E-state index in [1.165, 1.54) is 84.8 Å². The highest BCUT2D eigenvalue weighted by Gasteiger charge is 2.36. The molecule has 4 rings (SSSR count). The molecule has 21 heteroatoms. The molecule has 6 N–H and O–H groups in total. The minimum atomic E-state index is -0.637. The van der Waals surface area contributed by atoms with E-state index in [2.05, 4.69) is 31.9 Å². The summed E-state index contributed by atoms with van der Waals surface area (Å²) in [5.74, 6) is 0.459. The molecule has 6 amide bonds. The first-order chi connectivity index (χ1) is 34.5. The van der Waals surface area contributed by atoms with Crippen molar-refractivity contribution in [1.29, 1.82) is 0 Å². The highest BCUT2D eigenvalue weighted by molar-refractivity contribution is 6.00. The Morgan fingerprint density at radius 1 is 0.389 bits per heavy atom. The van der Waals surface area contributed by atoms with Gasteiger partial charge in [-0.15, -0.1) is 0 Å². The monoisotopic (exact) mass is 1010 g/mol. The van der Waals surface area contributed by atoms with Gasteiger partial charge in [-0.05, 0) is 76.0 Å². The number of methoxy groups -OCH3 is 9. The van der Waals surface area contributed by atoms with E-state index in [-0.39, 0.29) is 88.2 Å². The molecule has 3 aromatic rings. The minimum Gasteiger partial charge on any atom is -0.493 e. The van der Waals surface area contributed by atoms with Gasteiger partial charge in [-0.3, -0.25) is 28.8 Å². The van der Waals surface area contributed by atoms with E-state index < -0.39 is 35.8 Å². The van der Waals surface area contributed by atoms with Gasteiger partial charge in [0.15, 0.2) is 34.5 Å². The molecule has 1 aliphatic carbocycles. The van der Waals surface area contributed by atoms with Crippen LogP contribution in [0.4, 0.5) is 0 Å². The van der Waals surface area contributed by atoms with Crippen molar-refractivity contribution in [2.45, 2.75) is 96.7 Å². The van der Waals surface area contributed by atoms with E-state index >= 15 is 0 Å². The predicted molar refractivity (Wildman–Crippen MR) is 267 cm³/mol. The van der Waals surface area contributed by atoms with Gasteiger partial charge >= 0.3 is 0 Å². The van der Waals surface area contributed by atoms with Gasteiger partial charge in [0.1, 0.15) is 0 Å². The van der Waals surface area contributed by atoms with Gasteiger partial charge in [-0.25, -0.2) is 0 Å². The number of ether oxygens (including phenoxy) is 9. The third kappa shape index (κ3) is 14.6. The molecule has 21 nitrogen and oxygen atoms in total. The molecule has 0 aromatic heterocycles. The molecule has 0 heterocycles. The van der Waals surface area contributed by atoms with Gasteiger partial charge in [0.05, 0.1) is 80.7 Å². The molecule has 0 atom stereocenters. The van der Waals surface area contributed by atoms with Gasteiger partial charge in [0, 0.05) is 75.2 Å². The van der Waals surface area contributed by atoms with Crippen molar-refractivity contribution >= 4 is 35.4 Å². The van der Waals surface area contributed by atoms with Crippen molar-refractivity contribution in [3.63, 3.8) is 0 Å². The Bertz CT molecular complexity index is 2140. The van der Waals surface area contributed by atoms with Crippen molar-refractivity contribution in [1.82, 2.24) is 31.9 Å². The Balaban J connectivity index is 1.82. The van der Waals surface area contributed by atoms with E-state index in [4.69, 9.17) is 42.6 Å². The van der Waals surface area contributed by atoms with Crippen LogP contribution in [0.1, 0.15) is 107 Å². The normalized spacial score (nSPS) is 14.9. The standard InChI is InChI=1S/C51H72N6O15/c1-28(58)52-19-13-16-34-37(25-40(64-4)46(70-10)43(34)67-7)49(61)55-31-22-32(56-50(62)38-26-41(65-5)47(71-11)44(68-8)35(38)17-14-20-53-29(2)59)24-33(23-31)57-51(63)39-27-42(66-6)48(72-12)45(69-9)36(39)18-15-21-54-30(3)60/h25-27,31-33H,13-24H2,1-12H3,(H,52,58)(H,53,59)(H,54,60)(H,55,61)(H,56,62)(H,57,63)/t31-,32+,33-. The van der Waals surface area contributed by atoms with E-state index in [0.717, 1.165) is 0 Å². The molecule has 396 valence electrons. The molecule has 0 aliphatic heterocycles. The second kappa shape index (κ2) is 27.9. The molecular weight excluding hydrogens is 937 g/mol. The van der Waals surface area contributed by atoms with Gasteiger partial charge in [0.25, 0.3) is 17.7 Å². The summed E-state index contributed by atoms with van der Waals surface area (Å²) in [6, 6.07) is 2.80. The van der Waals surface area contributed by atoms with Gasteiger partial charge in [0.2, 0.25) is 35.0 Å². The molecule has 0 radical (unpaired) electrons. The molecular formula is C51H72N6O15. The predicted octanol–water partition coefficient (Wildman–Crippen LogP) is 3.85. The van der Waals surface area contributed by atoms with E-state index in [0.29, 0.717) is 92.1 Å². The first kappa shape index (κ1) is 57.3. The molecule has 0 unspecified atom stereocenters. The Hall–Kier alpha value is -7.32. The highest BCUT2D eigenvalue weighted by Crippen LogP contribution is 2.45. The fraction of sp³-hybridized carbons (Fsp3) is 0.529. The molecule has 0 spiro atoms. The number of hydrogen-bond donors (Lipinski definition) is 6. The summed E-state index contributed by atoms with van der Waals surface area (Å²) in [4.78, 5) is 79.2. The molecule has 3 aromatic carbocycles. The van der Waals surface area contributed by atoms with Crippen LogP contribution < -0.4 is 74.5 Å². The largest absolute Gasteiger partial charge is 0.493 e. The maximum absolute atomic E-state index is 14.7. The van der Waals surface area contributed by atoms with Gasteiger partial charge in [-0.2, -0.15) is 0 Å². The maximum Gasteiger partial charge on any atom is 0.252 e. The number of hydrogen-bond acceptors (Lipinski definition) is 15. The lowest BCUT2D eigenvalue weighted by Crippen LogP contribution is -2.53. The van der Waals surface area contributed by atoms with Crippen molar-refractivity contribution in [3.8, 4) is 51.7 Å². The zero-order chi connectivity index (χ0) is 53.1. The van der Waals surface area contributed by atoms with Crippen molar-refractivity contribution < 1.29 is 71.4 Å². The Labute approximate surface area is 421 Å². The van der Waals surface area contributed by atoms with Crippen LogP contribution in [0, 0.1) is 0 Å². The quantitative estimate of drug-likeness (QED) is 0.0593. The smallest absolute Gasteiger partial charge is 0.252 e. The van der Waals surface area contributed by atoms with Crippen molar-refractivity contribution in [2.24, 2.45) is 0 Å². The summed E-state index contributed by atoms with van der Waals surface area (Å²) in [5, 5.41) is 17.9. The van der Waals surface area contributed by atoms with Crippen LogP contribution in [-0.2, 0) is 33.6 Å². The van der Waals surface area contributed by atoms with Crippen LogP contribution in [0.25, 0.3) is 0 Å². The Kier molecular flexibility index (Phi) is 22.2. The van der Waals surface area contributed by atoms with E-state index in [1.54, 1.807) is 18.2 Å². The lowest BCUT2D eigenvalue weighted by atomic mass is 9.85. The molecule has 1 saturated carbocycles. The third-order valence-corrected chi connectivity index (χ3v) is 12.2. The number of carbonyl (C=O) groups excluding carboxylic acids is 6. The average Bonchev–Trinajstić information content (AvgIpc) is 3.35.